The summed E-state index contributed by atoms with van der Waals surface area (Å²) < 4.78 is 14.0. The molecule has 0 atom stereocenters. The van der Waals surface area contributed by atoms with E-state index in [4.69, 9.17) is 0 Å². The van der Waals surface area contributed by atoms with Gasteiger partial charge >= 0.3 is 0 Å². The van der Waals surface area contributed by atoms with Crippen LogP contribution in [-0.2, 0) is 4.79 Å². The van der Waals surface area contributed by atoms with Crippen LogP contribution in [0.2, 0.25) is 0 Å². The predicted molar refractivity (Wildman–Crippen MR) is 85.4 cm³/mol. The third-order valence-electron chi connectivity index (χ3n) is 3.18. The molecule has 9 heteroatoms. The lowest BCUT2D eigenvalue weighted by atomic mass is 10.1. The number of imide groups is 1. The van der Waals surface area contributed by atoms with E-state index in [2.05, 4.69) is 10.3 Å². The first-order valence-corrected chi connectivity index (χ1v) is 7.41. The number of nitro groups is 1. The second-order valence-corrected chi connectivity index (χ2v) is 5.73. The number of halogens is 1. The number of thioether (sulfide) groups is 1. The molecule has 1 aromatic carbocycles. The molecule has 7 nitrogen and oxygen atoms in total. The SMILES string of the molecule is O=C1NC(=O)/C(=C/c2cc(-c3ncccc3[N+](=O)[O-])ccc2F)S1. The highest BCUT2D eigenvalue weighted by Gasteiger charge is 2.25. The van der Waals surface area contributed by atoms with Crippen LogP contribution in [-0.4, -0.2) is 21.1 Å². The number of aromatic nitrogens is 1. The van der Waals surface area contributed by atoms with Crippen molar-refractivity contribution in [1.82, 2.24) is 10.3 Å². The van der Waals surface area contributed by atoms with E-state index in [0.29, 0.717) is 17.3 Å². The van der Waals surface area contributed by atoms with E-state index in [0.717, 1.165) is 6.07 Å². The Bertz CT molecular complexity index is 913. The summed E-state index contributed by atoms with van der Waals surface area (Å²) in [6.45, 7) is 0. The summed E-state index contributed by atoms with van der Waals surface area (Å²) in [6.07, 6.45) is 2.61. The molecule has 120 valence electrons. The normalized spacial score (nSPS) is 15.6. The molecule has 24 heavy (non-hydrogen) atoms. The summed E-state index contributed by atoms with van der Waals surface area (Å²) in [5.74, 6) is -1.24. The Morgan fingerprint density at radius 3 is 2.75 bits per heavy atom. The minimum atomic E-state index is -0.627. The number of pyridine rings is 1. The predicted octanol–water partition coefficient (Wildman–Crippen LogP) is 3.12. The first-order chi connectivity index (χ1) is 11.5. The fourth-order valence-electron chi connectivity index (χ4n) is 2.13. The van der Waals surface area contributed by atoms with Gasteiger partial charge in [0.05, 0.1) is 9.83 Å². The van der Waals surface area contributed by atoms with Crippen molar-refractivity contribution in [3.05, 3.63) is 62.9 Å². The van der Waals surface area contributed by atoms with E-state index in [1.165, 1.54) is 36.5 Å². The van der Waals surface area contributed by atoms with Gasteiger partial charge in [-0.25, -0.2) is 9.37 Å². The van der Waals surface area contributed by atoms with Gasteiger partial charge in [-0.3, -0.25) is 25.0 Å². The fourth-order valence-corrected chi connectivity index (χ4v) is 2.80. The number of nitrogens with zero attached hydrogens (tertiary/aromatic N) is 2. The molecule has 2 heterocycles. The van der Waals surface area contributed by atoms with Gasteiger partial charge in [0, 0.05) is 23.4 Å². The van der Waals surface area contributed by atoms with Crippen molar-refractivity contribution >= 4 is 34.7 Å². The number of rotatable bonds is 3. The third kappa shape index (κ3) is 3.01. The van der Waals surface area contributed by atoms with Crippen LogP contribution in [0.5, 0.6) is 0 Å². The van der Waals surface area contributed by atoms with Crippen molar-refractivity contribution in [3.8, 4) is 11.3 Å². The van der Waals surface area contributed by atoms with Crippen LogP contribution in [0, 0.1) is 15.9 Å². The van der Waals surface area contributed by atoms with E-state index in [1.54, 1.807) is 0 Å². The van der Waals surface area contributed by atoms with Crippen molar-refractivity contribution < 1.29 is 18.9 Å². The minimum Gasteiger partial charge on any atom is -0.282 e. The largest absolute Gasteiger partial charge is 0.295 e. The van der Waals surface area contributed by atoms with Crippen molar-refractivity contribution in [2.75, 3.05) is 0 Å². The van der Waals surface area contributed by atoms with E-state index in [1.807, 2.05) is 0 Å². The molecule has 0 bridgehead atoms. The number of hydrogen-bond donors (Lipinski definition) is 1. The number of hydrogen-bond acceptors (Lipinski definition) is 6. The van der Waals surface area contributed by atoms with Gasteiger partial charge < -0.3 is 0 Å². The Kier molecular flexibility index (Phi) is 4.09. The van der Waals surface area contributed by atoms with Gasteiger partial charge in [-0.2, -0.15) is 0 Å². The molecule has 2 aromatic rings. The molecule has 0 radical (unpaired) electrons. The zero-order valence-electron chi connectivity index (χ0n) is 11.9. The second-order valence-electron chi connectivity index (χ2n) is 4.72. The topological polar surface area (TPSA) is 102 Å². The average molecular weight is 345 g/mol. The quantitative estimate of drug-likeness (QED) is 0.521. The van der Waals surface area contributed by atoms with Crippen LogP contribution in [0.4, 0.5) is 14.9 Å². The lowest BCUT2D eigenvalue weighted by Crippen LogP contribution is -2.17. The summed E-state index contributed by atoms with van der Waals surface area (Å²) in [4.78, 5) is 37.2. The highest BCUT2D eigenvalue weighted by Crippen LogP contribution is 2.31. The highest BCUT2D eigenvalue weighted by atomic mass is 32.2. The lowest BCUT2D eigenvalue weighted by Gasteiger charge is -2.05. The summed E-state index contributed by atoms with van der Waals surface area (Å²) in [6, 6.07) is 6.55. The van der Waals surface area contributed by atoms with E-state index < -0.39 is 21.9 Å². The first-order valence-electron chi connectivity index (χ1n) is 6.60. The Morgan fingerprint density at radius 2 is 2.08 bits per heavy atom. The second kappa shape index (κ2) is 6.20. The number of carbonyl (C=O) groups excluding carboxylic acids is 2. The van der Waals surface area contributed by atoms with Gasteiger partial charge in [-0.15, -0.1) is 0 Å². The third-order valence-corrected chi connectivity index (χ3v) is 3.99. The Hall–Kier alpha value is -3.07. The molecule has 0 saturated carbocycles. The molecule has 0 aliphatic carbocycles. The number of nitrogens with one attached hydrogen (secondary N) is 1. The van der Waals surface area contributed by atoms with E-state index in [-0.39, 0.29) is 21.8 Å². The van der Waals surface area contributed by atoms with Crippen LogP contribution >= 0.6 is 11.8 Å². The van der Waals surface area contributed by atoms with Crippen LogP contribution in [0.3, 0.4) is 0 Å². The summed E-state index contributed by atoms with van der Waals surface area (Å²) in [5, 5.41) is 12.6. The van der Waals surface area contributed by atoms with Gasteiger partial charge in [-0.1, -0.05) is 0 Å². The molecule has 1 saturated heterocycles. The Morgan fingerprint density at radius 1 is 1.29 bits per heavy atom. The van der Waals surface area contributed by atoms with Crippen molar-refractivity contribution in [2.24, 2.45) is 0 Å². The molecule has 1 fully saturated rings. The molecule has 1 aliphatic rings. The van der Waals surface area contributed by atoms with E-state index >= 15 is 0 Å². The zero-order valence-corrected chi connectivity index (χ0v) is 12.7. The van der Waals surface area contributed by atoms with Crippen molar-refractivity contribution in [3.63, 3.8) is 0 Å². The van der Waals surface area contributed by atoms with Crippen LogP contribution in [0.1, 0.15) is 5.56 Å². The lowest BCUT2D eigenvalue weighted by molar-refractivity contribution is -0.384. The van der Waals surface area contributed by atoms with Crippen LogP contribution < -0.4 is 5.32 Å². The van der Waals surface area contributed by atoms with Crippen LogP contribution in [0.25, 0.3) is 17.3 Å². The van der Waals surface area contributed by atoms with Crippen molar-refractivity contribution in [1.29, 1.82) is 0 Å². The van der Waals surface area contributed by atoms with Gasteiger partial charge in [0.25, 0.3) is 16.8 Å². The Balaban J connectivity index is 2.08. The van der Waals surface area contributed by atoms with Gasteiger partial charge in [0.2, 0.25) is 0 Å². The smallest absolute Gasteiger partial charge is 0.282 e. The molecular weight excluding hydrogens is 337 g/mol. The maximum Gasteiger partial charge on any atom is 0.295 e. The van der Waals surface area contributed by atoms with Gasteiger partial charge in [-0.05, 0) is 42.1 Å². The maximum absolute atomic E-state index is 14.0. The number of benzene rings is 1. The molecule has 0 spiro atoms. The molecule has 3 rings (SSSR count). The number of carbonyl (C=O) groups is 2. The van der Waals surface area contributed by atoms with Crippen molar-refractivity contribution in [2.45, 2.75) is 0 Å². The molecule has 1 aromatic heterocycles. The molecular formula is C15H8FN3O4S. The molecule has 2 amide bonds. The minimum absolute atomic E-state index is 0.0276. The summed E-state index contributed by atoms with van der Waals surface area (Å²) in [5.41, 5.74) is 0.220. The highest BCUT2D eigenvalue weighted by molar-refractivity contribution is 8.18. The monoisotopic (exact) mass is 345 g/mol. The number of amides is 2. The summed E-state index contributed by atoms with van der Waals surface area (Å²) >= 11 is 0.658. The molecule has 0 unspecified atom stereocenters. The maximum atomic E-state index is 14.0. The standard InChI is InChI=1S/C15H8FN3O4S/c16-10-4-3-8(13-11(19(22)23)2-1-5-17-13)6-9(10)7-12-14(20)18-15(21)24-12/h1-7H,(H,18,20,21)/b12-7-. The zero-order chi connectivity index (χ0) is 17.3. The molecule has 1 N–H and O–H groups in total. The first kappa shape index (κ1) is 15.8. The van der Waals surface area contributed by atoms with E-state index in [9.17, 15) is 24.1 Å². The Labute approximate surface area is 138 Å². The fraction of sp³-hybridized carbons (Fsp3) is 0. The average Bonchev–Trinajstić information content (AvgIpc) is 2.87. The van der Waals surface area contributed by atoms with Gasteiger partial charge in [0.1, 0.15) is 11.5 Å². The molecule has 1 aliphatic heterocycles. The summed E-state index contributed by atoms with van der Waals surface area (Å²) in [7, 11) is 0. The van der Waals surface area contributed by atoms with Crippen LogP contribution in [0.15, 0.2) is 41.4 Å². The van der Waals surface area contributed by atoms with Gasteiger partial charge in [0.15, 0.2) is 0 Å².